The molecule has 0 aliphatic heterocycles. The Balaban J connectivity index is 1.65. The summed E-state index contributed by atoms with van der Waals surface area (Å²) in [5.74, 6) is -0.482. The summed E-state index contributed by atoms with van der Waals surface area (Å²) in [5.41, 5.74) is 2.76. The Kier molecular flexibility index (Phi) is 7.27. The number of hydrogen-bond acceptors (Lipinski definition) is 3. The summed E-state index contributed by atoms with van der Waals surface area (Å²) >= 11 is 0. The summed E-state index contributed by atoms with van der Waals surface area (Å²) in [4.78, 5) is 23.7. The smallest absolute Gasteiger partial charge is 0.319 e. The predicted octanol–water partition coefficient (Wildman–Crippen LogP) is 4.07. The van der Waals surface area contributed by atoms with Crippen LogP contribution in [-0.4, -0.2) is 32.9 Å². The molecule has 0 saturated heterocycles. The molecule has 1 unspecified atom stereocenters. The van der Waals surface area contributed by atoms with Gasteiger partial charge in [0.25, 0.3) is 0 Å². The van der Waals surface area contributed by atoms with Crippen molar-refractivity contribution in [3.8, 4) is 0 Å². The lowest BCUT2D eigenvalue weighted by molar-refractivity contribution is -0.137. The van der Waals surface area contributed by atoms with E-state index in [1.807, 2.05) is 43.6 Å². The highest BCUT2D eigenvalue weighted by Gasteiger charge is 2.23. The Morgan fingerprint density at radius 3 is 2.62 bits per heavy atom. The zero-order chi connectivity index (χ0) is 20.6. The third-order valence-corrected chi connectivity index (χ3v) is 5.46. The number of anilines is 1. The average Bonchev–Trinajstić information content (AvgIpc) is 3.07. The van der Waals surface area contributed by atoms with Crippen LogP contribution < -0.4 is 10.6 Å². The van der Waals surface area contributed by atoms with E-state index >= 15 is 0 Å². The number of aryl methyl sites for hydroxylation is 1. The van der Waals surface area contributed by atoms with Gasteiger partial charge < -0.3 is 15.7 Å². The van der Waals surface area contributed by atoms with Gasteiger partial charge in [-0.25, -0.2) is 4.79 Å². The molecule has 1 aliphatic carbocycles. The molecule has 2 aromatic rings. The van der Waals surface area contributed by atoms with E-state index in [-0.39, 0.29) is 18.5 Å². The minimum atomic E-state index is -0.864. The molecule has 1 aromatic carbocycles. The Bertz CT molecular complexity index is 813. The lowest BCUT2D eigenvalue weighted by atomic mass is 9.86. The van der Waals surface area contributed by atoms with Crippen LogP contribution in [-0.2, 0) is 18.3 Å². The maximum absolute atomic E-state index is 12.7. The van der Waals surface area contributed by atoms with Crippen molar-refractivity contribution >= 4 is 17.7 Å². The fourth-order valence-corrected chi connectivity index (χ4v) is 4.04. The predicted molar refractivity (Wildman–Crippen MR) is 112 cm³/mol. The van der Waals surface area contributed by atoms with Gasteiger partial charge in [0.2, 0.25) is 0 Å². The van der Waals surface area contributed by atoms with Crippen molar-refractivity contribution in [2.75, 3.05) is 5.32 Å². The second kappa shape index (κ2) is 10.1. The van der Waals surface area contributed by atoms with E-state index in [9.17, 15) is 9.59 Å². The number of aromatic nitrogens is 2. The van der Waals surface area contributed by atoms with Crippen molar-refractivity contribution in [1.82, 2.24) is 15.1 Å². The fourth-order valence-electron chi connectivity index (χ4n) is 4.04. The van der Waals surface area contributed by atoms with Gasteiger partial charge in [0.05, 0.1) is 11.4 Å². The van der Waals surface area contributed by atoms with Crippen LogP contribution in [0, 0.1) is 0 Å². The van der Waals surface area contributed by atoms with E-state index in [1.165, 1.54) is 19.3 Å². The van der Waals surface area contributed by atoms with Crippen molar-refractivity contribution in [2.45, 2.75) is 63.3 Å². The molecule has 1 aliphatic rings. The van der Waals surface area contributed by atoms with Gasteiger partial charge in [-0.2, -0.15) is 5.10 Å². The van der Waals surface area contributed by atoms with Crippen LogP contribution in [0.25, 0.3) is 0 Å². The number of hydrogen-bond donors (Lipinski definition) is 3. The molecule has 7 heteroatoms. The molecule has 3 N–H and O–H groups in total. The lowest BCUT2D eigenvalue weighted by Crippen LogP contribution is -2.39. The molecule has 1 saturated carbocycles. The highest BCUT2D eigenvalue weighted by Crippen LogP contribution is 2.35. The van der Waals surface area contributed by atoms with E-state index in [1.54, 1.807) is 4.68 Å². The van der Waals surface area contributed by atoms with Crippen molar-refractivity contribution in [2.24, 2.45) is 7.05 Å². The van der Waals surface area contributed by atoms with E-state index in [0.29, 0.717) is 18.8 Å². The van der Waals surface area contributed by atoms with Gasteiger partial charge in [0.1, 0.15) is 0 Å². The summed E-state index contributed by atoms with van der Waals surface area (Å²) in [6, 6.07) is 9.20. The highest BCUT2D eigenvalue weighted by molar-refractivity contribution is 5.90. The summed E-state index contributed by atoms with van der Waals surface area (Å²) in [6.45, 7) is 0. The van der Waals surface area contributed by atoms with E-state index in [4.69, 9.17) is 5.11 Å². The van der Waals surface area contributed by atoms with Gasteiger partial charge in [-0.3, -0.25) is 9.48 Å². The number of nitrogens with one attached hydrogen (secondary N) is 2. The number of rotatable bonds is 8. The monoisotopic (exact) mass is 398 g/mol. The Hall–Kier alpha value is -2.83. The van der Waals surface area contributed by atoms with Crippen molar-refractivity contribution in [1.29, 1.82) is 0 Å². The normalized spacial score (nSPS) is 15.6. The SMILES string of the molecule is Cn1cc(NC(=O)NC(CCC(=O)O)Cc2ccccc2)c(C2CCCCC2)n1. The highest BCUT2D eigenvalue weighted by atomic mass is 16.4. The quantitative estimate of drug-likeness (QED) is 0.625. The van der Waals surface area contributed by atoms with Crippen LogP contribution in [0.4, 0.5) is 10.5 Å². The molecule has 1 fully saturated rings. The number of carbonyl (C=O) groups excluding carboxylic acids is 1. The average molecular weight is 399 g/mol. The third-order valence-electron chi connectivity index (χ3n) is 5.46. The van der Waals surface area contributed by atoms with Gasteiger partial charge in [0.15, 0.2) is 0 Å². The minimum Gasteiger partial charge on any atom is -0.481 e. The van der Waals surface area contributed by atoms with E-state index in [0.717, 1.165) is 29.8 Å². The zero-order valence-electron chi connectivity index (χ0n) is 16.9. The molecular formula is C22H30N4O3. The first-order valence-corrected chi connectivity index (χ1v) is 10.4. The second-order valence-electron chi connectivity index (χ2n) is 7.85. The van der Waals surface area contributed by atoms with Crippen LogP contribution in [0.5, 0.6) is 0 Å². The second-order valence-corrected chi connectivity index (χ2v) is 7.85. The minimum absolute atomic E-state index is 0.0119. The van der Waals surface area contributed by atoms with Crippen molar-refractivity contribution < 1.29 is 14.7 Å². The molecule has 7 nitrogen and oxygen atoms in total. The van der Waals surface area contributed by atoms with Gasteiger partial charge in [0, 0.05) is 31.6 Å². The number of amides is 2. The molecule has 1 aromatic heterocycles. The van der Waals surface area contributed by atoms with Gasteiger partial charge in [-0.1, -0.05) is 49.6 Å². The molecule has 1 atom stereocenters. The largest absolute Gasteiger partial charge is 0.481 e. The molecular weight excluding hydrogens is 368 g/mol. The number of nitrogens with zero attached hydrogens (tertiary/aromatic N) is 2. The van der Waals surface area contributed by atoms with E-state index in [2.05, 4.69) is 15.7 Å². The number of carboxylic acid groups (broad SMARTS) is 1. The van der Waals surface area contributed by atoms with Gasteiger partial charge >= 0.3 is 12.0 Å². The lowest BCUT2D eigenvalue weighted by Gasteiger charge is -2.22. The molecule has 156 valence electrons. The van der Waals surface area contributed by atoms with Gasteiger partial charge in [-0.05, 0) is 31.2 Å². The molecule has 0 spiro atoms. The zero-order valence-corrected chi connectivity index (χ0v) is 16.9. The van der Waals surface area contributed by atoms with E-state index < -0.39 is 5.97 Å². The van der Waals surface area contributed by atoms with Crippen LogP contribution in [0.3, 0.4) is 0 Å². The summed E-state index contributed by atoms with van der Waals surface area (Å²) < 4.78 is 1.74. The summed E-state index contributed by atoms with van der Waals surface area (Å²) in [6.07, 6.45) is 8.67. The van der Waals surface area contributed by atoms with Crippen LogP contribution in [0.2, 0.25) is 0 Å². The molecule has 0 radical (unpaired) electrons. The fraction of sp³-hybridized carbons (Fsp3) is 0.500. The van der Waals surface area contributed by atoms with Gasteiger partial charge in [-0.15, -0.1) is 0 Å². The molecule has 3 rings (SSSR count). The standard InChI is InChI=1S/C22H30N4O3/c1-26-15-19(21(25-26)17-10-6-3-7-11-17)24-22(29)23-18(12-13-20(27)28)14-16-8-4-2-5-9-16/h2,4-5,8-9,15,17-18H,3,6-7,10-14H2,1H3,(H,27,28)(H2,23,24,29). The van der Waals surface area contributed by atoms with Crippen LogP contribution >= 0.6 is 0 Å². The van der Waals surface area contributed by atoms with Crippen molar-refractivity contribution in [3.05, 3.63) is 47.8 Å². The maximum Gasteiger partial charge on any atom is 0.319 e. The third kappa shape index (κ3) is 6.34. The Morgan fingerprint density at radius 2 is 1.93 bits per heavy atom. The first-order valence-electron chi connectivity index (χ1n) is 10.4. The van der Waals surface area contributed by atoms with Crippen LogP contribution in [0.15, 0.2) is 36.5 Å². The topological polar surface area (TPSA) is 96.2 Å². The Morgan fingerprint density at radius 1 is 1.21 bits per heavy atom. The summed E-state index contributed by atoms with van der Waals surface area (Å²) in [5, 5.41) is 19.5. The number of benzene rings is 1. The Labute approximate surface area is 171 Å². The number of aliphatic carboxylic acids is 1. The number of urea groups is 1. The molecule has 1 heterocycles. The summed E-state index contributed by atoms with van der Waals surface area (Å²) in [7, 11) is 1.86. The molecule has 0 bridgehead atoms. The van der Waals surface area contributed by atoms with Crippen LogP contribution in [0.1, 0.15) is 62.1 Å². The first kappa shape index (κ1) is 20.9. The molecule has 2 amide bonds. The molecule has 29 heavy (non-hydrogen) atoms. The number of carbonyl (C=O) groups is 2. The first-order chi connectivity index (χ1) is 14.0. The number of carboxylic acids is 1. The maximum atomic E-state index is 12.7. The van der Waals surface area contributed by atoms with Crippen molar-refractivity contribution in [3.63, 3.8) is 0 Å².